The Kier molecular flexibility index (Phi) is 3.94. The topological polar surface area (TPSA) is 12.0 Å². The number of nitrogens with one attached hydrogen (secondary N) is 1. The van der Waals surface area contributed by atoms with Crippen LogP contribution < -0.4 is 5.32 Å². The molecule has 1 saturated carbocycles. The largest absolute Gasteiger partial charge is 0.306 e. The van der Waals surface area contributed by atoms with E-state index in [4.69, 9.17) is 0 Å². The summed E-state index contributed by atoms with van der Waals surface area (Å²) in [4.78, 5) is 1.49. The van der Waals surface area contributed by atoms with Crippen molar-refractivity contribution in [3.63, 3.8) is 0 Å². The van der Waals surface area contributed by atoms with E-state index in [1.54, 1.807) is 0 Å². The normalized spacial score (nSPS) is 25.4. The number of hydrogen-bond acceptors (Lipinski definition) is 2. The quantitative estimate of drug-likeness (QED) is 0.823. The van der Waals surface area contributed by atoms with Gasteiger partial charge in [-0.25, -0.2) is 0 Å². The van der Waals surface area contributed by atoms with E-state index < -0.39 is 0 Å². The lowest BCUT2D eigenvalue weighted by atomic mass is 9.86. The highest BCUT2D eigenvalue weighted by molar-refractivity contribution is 7.10. The molecule has 0 radical (unpaired) electrons. The minimum Gasteiger partial charge on any atom is -0.306 e. The molecular weight excluding hydrogens is 226 g/mol. The molecule has 17 heavy (non-hydrogen) atoms. The molecule has 1 aromatic heterocycles. The van der Waals surface area contributed by atoms with Crippen molar-refractivity contribution in [1.82, 2.24) is 5.32 Å². The zero-order valence-corrected chi connectivity index (χ0v) is 12.3. The summed E-state index contributed by atoms with van der Waals surface area (Å²) >= 11 is 1.88. The Labute approximate surface area is 110 Å². The van der Waals surface area contributed by atoms with Gasteiger partial charge in [0.25, 0.3) is 0 Å². The Hall–Kier alpha value is -0.340. The van der Waals surface area contributed by atoms with Gasteiger partial charge in [0.2, 0.25) is 0 Å². The molecule has 1 N–H and O–H groups in total. The monoisotopic (exact) mass is 251 g/mol. The van der Waals surface area contributed by atoms with Gasteiger partial charge in [-0.3, -0.25) is 0 Å². The van der Waals surface area contributed by atoms with E-state index in [0.717, 1.165) is 0 Å². The summed E-state index contributed by atoms with van der Waals surface area (Å²) in [7, 11) is 0. The van der Waals surface area contributed by atoms with Crippen molar-refractivity contribution in [2.45, 2.75) is 59.0 Å². The van der Waals surface area contributed by atoms with E-state index in [0.29, 0.717) is 23.4 Å². The third kappa shape index (κ3) is 2.92. The zero-order valence-electron chi connectivity index (χ0n) is 11.5. The number of thiophene rings is 1. The molecule has 96 valence electrons. The first-order valence-electron chi connectivity index (χ1n) is 6.80. The molecule has 0 aliphatic heterocycles. The van der Waals surface area contributed by atoms with Crippen LogP contribution >= 0.6 is 11.3 Å². The van der Waals surface area contributed by atoms with Crippen LogP contribution in [0.4, 0.5) is 0 Å². The molecule has 0 amide bonds. The van der Waals surface area contributed by atoms with E-state index in [1.165, 1.54) is 24.1 Å². The predicted octanol–water partition coefficient (Wildman–Crippen LogP) is 4.61. The molecule has 2 rings (SSSR count). The molecule has 1 aliphatic carbocycles. The van der Waals surface area contributed by atoms with Gasteiger partial charge < -0.3 is 5.32 Å². The van der Waals surface area contributed by atoms with Crippen LogP contribution in [0.3, 0.4) is 0 Å². The molecule has 0 saturated heterocycles. The first kappa shape index (κ1) is 13.1. The average molecular weight is 251 g/mol. The van der Waals surface area contributed by atoms with Crippen LogP contribution in [0.5, 0.6) is 0 Å². The van der Waals surface area contributed by atoms with Crippen molar-refractivity contribution in [3.8, 4) is 0 Å². The third-order valence-corrected chi connectivity index (χ3v) is 5.11. The van der Waals surface area contributed by atoms with Crippen LogP contribution in [0.15, 0.2) is 17.5 Å². The fourth-order valence-electron chi connectivity index (χ4n) is 2.92. The fourth-order valence-corrected chi connectivity index (χ4v) is 3.88. The fraction of sp³-hybridized carbons (Fsp3) is 0.733. The molecule has 0 spiro atoms. The molecule has 1 nitrogen and oxygen atoms in total. The first-order valence-corrected chi connectivity index (χ1v) is 7.68. The Bertz CT molecular complexity index is 340. The van der Waals surface area contributed by atoms with Crippen LogP contribution in [0.2, 0.25) is 0 Å². The van der Waals surface area contributed by atoms with Gasteiger partial charge in [-0.2, -0.15) is 0 Å². The van der Waals surface area contributed by atoms with E-state index in [9.17, 15) is 0 Å². The van der Waals surface area contributed by atoms with Crippen molar-refractivity contribution in [1.29, 1.82) is 0 Å². The van der Waals surface area contributed by atoms with Crippen molar-refractivity contribution in [3.05, 3.63) is 22.4 Å². The highest BCUT2D eigenvalue weighted by Gasteiger charge is 2.36. The summed E-state index contributed by atoms with van der Waals surface area (Å²) < 4.78 is 0. The lowest BCUT2D eigenvalue weighted by Crippen LogP contribution is -2.41. The van der Waals surface area contributed by atoms with Gasteiger partial charge in [0.05, 0.1) is 0 Å². The molecule has 1 heterocycles. The van der Waals surface area contributed by atoms with E-state index >= 15 is 0 Å². The summed E-state index contributed by atoms with van der Waals surface area (Å²) in [6.45, 7) is 9.45. The molecule has 0 aromatic carbocycles. The molecular formula is C15H25NS. The molecule has 2 heteroatoms. The summed E-state index contributed by atoms with van der Waals surface area (Å²) in [5.41, 5.74) is 0.463. The van der Waals surface area contributed by atoms with Crippen LogP contribution in [-0.4, -0.2) is 6.04 Å². The maximum absolute atomic E-state index is 3.92. The molecule has 1 aliphatic rings. The summed E-state index contributed by atoms with van der Waals surface area (Å²) in [6.07, 6.45) is 4.07. The van der Waals surface area contributed by atoms with Crippen LogP contribution in [0.1, 0.15) is 57.9 Å². The maximum atomic E-state index is 3.92. The molecule has 1 fully saturated rings. The summed E-state index contributed by atoms with van der Waals surface area (Å²) in [6, 6.07) is 5.63. The standard InChI is InChI=1S/C15H25NS/c1-11(2)14(12-7-6-10-17-12)16-13-8-5-9-15(13,3)4/h6-7,10-11,13-14,16H,5,8-9H2,1-4H3. The van der Waals surface area contributed by atoms with Crippen LogP contribution in [0, 0.1) is 11.3 Å². The van der Waals surface area contributed by atoms with Crippen LogP contribution in [-0.2, 0) is 0 Å². The highest BCUT2D eigenvalue weighted by Crippen LogP contribution is 2.39. The van der Waals surface area contributed by atoms with Gasteiger partial charge in [0, 0.05) is 17.0 Å². The molecule has 2 atom stereocenters. The van der Waals surface area contributed by atoms with Crippen molar-refractivity contribution < 1.29 is 0 Å². The Morgan fingerprint density at radius 1 is 1.41 bits per heavy atom. The first-order chi connectivity index (χ1) is 8.00. The maximum Gasteiger partial charge on any atom is 0.0440 e. The van der Waals surface area contributed by atoms with Gasteiger partial charge in [0.1, 0.15) is 0 Å². The van der Waals surface area contributed by atoms with Crippen molar-refractivity contribution in [2.24, 2.45) is 11.3 Å². The lowest BCUT2D eigenvalue weighted by molar-refractivity contribution is 0.242. The number of rotatable bonds is 4. The Balaban J connectivity index is 2.09. The van der Waals surface area contributed by atoms with Gasteiger partial charge in [-0.15, -0.1) is 11.3 Å². The lowest BCUT2D eigenvalue weighted by Gasteiger charge is -2.33. The second-order valence-electron chi connectivity index (χ2n) is 6.34. The van der Waals surface area contributed by atoms with Gasteiger partial charge >= 0.3 is 0 Å². The van der Waals surface area contributed by atoms with Crippen molar-refractivity contribution >= 4 is 11.3 Å². The van der Waals surface area contributed by atoms with Crippen molar-refractivity contribution in [2.75, 3.05) is 0 Å². The second-order valence-corrected chi connectivity index (χ2v) is 7.32. The zero-order chi connectivity index (χ0) is 12.5. The van der Waals surface area contributed by atoms with E-state index in [2.05, 4.69) is 50.5 Å². The SMILES string of the molecule is CC(C)C(NC1CCCC1(C)C)c1cccs1. The van der Waals surface area contributed by atoms with Crippen LogP contribution in [0.25, 0.3) is 0 Å². The molecule has 2 unspecified atom stereocenters. The predicted molar refractivity (Wildman–Crippen MR) is 76.5 cm³/mol. The summed E-state index contributed by atoms with van der Waals surface area (Å²) in [5, 5.41) is 6.11. The summed E-state index contributed by atoms with van der Waals surface area (Å²) in [5.74, 6) is 0.657. The highest BCUT2D eigenvalue weighted by atomic mass is 32.1. The van der Waals surface area contributed by atoms with Gasteiger partial charge in [-0.05, 0) is 35.6 Å². The van der Waals surface area contributed by atoms with E-state index in [-0.39, 0.29) is 0 Å². The Morgan fingerprint density at radius 3 is 2.65 bits per heavy atom. The smallest absolute Gasteiger partial charge is 0.0440 e. The van der Waals surface area contributed by atoms with Gasteiger partial charge in [0.15, 0.2) is 0 Å². The minimum absolute atomic E-state index is 0.463. The minimum atomic E-state index is 0.463. The average Bonchev–Trinajstić information content (AvgIpc) is 2.83. The third-order valence-electron chi connectivity index (χ3n) is 4.15. The Morgan fingerprint density at radius 2 is 2.18 bits per heavy atom. The van der Waals surface area contributed by atoms with E-state index in [1.807, 2.05) is 11.3 Å². The molecule has 1 aromatic rings. The number of hydrogen-bond donors (Lipinski definition) is 1. The van der Waals surface area contributed by atoms with Gasteiger partial charge in [-0.1, -0.05) is 40.2 Å². The molecule has 0 bridgehead atoms. The second kappa shape index (κ2) is 5.11.